The molecule has 0 saturated heterocycles. The fourth-order valence-electron chi connectivity index (χ4n) is 2.13. The summed E-state index contributed by atoms with van der Waals surface area (Å²) in [5, 5.41) is 0.691. The molecule has 1 aliphatic heterocycles. The molecule has 0 aromatic heterocycles. The highest BCUT2D eigenvalue weighted by Crippen LogP contribution is 2.46. The number of nitrogens with zero attached hydrogens (tertiary/aromatic N) is 1. The van der Waals surface area contributed by atoms with Crippen LogP contribution in [0.5, 0.6) is 11.5 Å². The van der Waals surface area contributed by atoms with E-state index in [4.69, 9.17) is 27.9 Å². The summed E-state index contributed by atoms with van der Waals surface area (Å²) in [5.74, 6) is 2.20. The van der Waals surface area contributed by atoms with Crippen molar-refractivity contribution in [3.63, 3.8) is 0 Å². The van der Waals surface area contributed by atoms with E-state index in [1.165, 1.54) is 0 Å². The minimum absolute atomic E-state index is 0.542. The molecule has 0 amide bonds. The molecule has 2 nitrogen and oxygen atoms in total. The first-order chi connectivity index (χ1) is 8.79. The molecule has 0 saturated carbocycles. The van der Waals surface area contributed by atoms with Crippen LogP contribution >= 0.6 is 23.2 Å². The van der Waals surface area contributed by atoms with Gasteiger partial charge in [-0.3, -0.25) is 0 Å². The van der Waals surface area contributed by atoms with Gasteiger partial charge in [0.2, 0.25) is 0 Å². The third-order valence-corrected chi connectivity index (χ3v) is 3.30. The van der Waals surface area contributed by atoms with Gasteiger partial charge in [-0.25, -0.2) is 0 Å². The molecule has 0 aliphatic carbocycles. The van der Waals surface area contributed by atoms with Crippen molar-refractivity contribution in [1.82, 2.24) is 0 Å². The Labute approximate surface area is 116 Å². The van der Waals surface area contributed by atoms with Crippen molar-refractivity contribution in [1.29, 1.82) is 0 Å². The number of alkyl halides is 1. The van der Waals surface area contributed by atoms with Gasteiger partial charge in [0.25, 0.3) is 0 Å². The molecule has 0 atom stereocenters. The van der Waals surface area contributed by atoms with Gasteiger partial charge in [0.15, 0.2) is 11.5 Å². The van der Waals surface area contributed by atoms with Gasteiger partial charge in [0.05, 0.1) is 11.4 Å². The lowest BCUT2D eigenvalue weighted by atomic mass is 10.1. The Balaban J connectivity index is 2.15. The monoisotopic (exact) mass is 279 g/mol. The van der Waals surface area contributed by atoms with Crippen LogP contribution in [-0.2, 0) is 0 Å². The number of fused-ring (bicyclic) bond motifs is 2. The zero-order valence-corrected chi connectivity index (χ0v) is 11.1. The number of hydrogen-bond acceptors (Lipinski definition) is 2. The van der Waals surface area contributed by atoms with Crippen LogP contribution in [0.1, 0.15) is 0 Å². The first-order valence-electron chi connectivity index (χ1n) is 5.69. The van der Waals surface area contributed by atoms with Crippen molar-refractivity contribution in [3.05, 3.63) is 47.5 Å². The average molecular weight is 280 g/mol. The maximum atomic E-state index is 6.05. The van der Waals surface area contributed by atoms with E-state index in [9.17, 15) is 0 Å². The van der Waals surface area contributed by atoms with Crippen LogP contribution in [0.15, 0.2) is 42.5 Å². The summed E-state index contributed by atoms with van der Waals surface area (Å²) < 4.78 is 5.87. The maximum Gasteiger partial charge on any atom is 0.151 e. The Bertz CT molecular complexity index is 586. The van der Waals surface area contributed by atoms with Crippen molar-refractivity contribution in [2.75, 3.05) is 17.3 Å². The Morgan fingerprint density at radius 3 is 2.61 bits per heavy atom. The van der Waals surface area contributed by atoms with Crippen molar-refractivity contribution in [3.8, 4) is 11.5 Å². The zero-order valence-electron chi connectivity index (χ0n) is 9.57. The molecule has 2 aromatic carbocycles. The van der Waals surface area contributed by atoms with Gasteiger partial charge in [-0.2, -0.15) is 0 Å². The summed E-state index contributed by atoms with van der Waals surface area (Å²) in [6, 6.07) is 13.5. The summed E-state index contributed by atoms with van der Waals surface area (Å²) in [7, 11) is 0. The van der Waals surface area contributed by atoms with E-state index in [-0.39, 0.29) is 0 Å². The number of rotatable bonds is 2. The highest BCUT2D eigenvalue weighted by atomic mass is 35.5. The Morgan fingerprint density at radius 2 is 1.78 bits per heavy atom. The molecule has 1 aliphatic rings. The Morgan fingerprint density at radius 1 is 1.00 bits per heavy atom. The van der Waals surface area contributed by atoms with Gasteiger partial charge >= 0.3 is 0 Å². The minimum Gasteiger partial charge on any atom is -0.453 e. The fourth-order valence-corrected chi connectivity index (χ4v) is 2.46. The summed E-state index contributed by atoms with van der Waals surface area (Å²) in [6.07, 6.45) is 0. The molecule has 0 radical (unpaired) electrons. The van der Waals surface area contributed by atoms with Crippen molar-refractivity contribution >= 4 is 34.6 Å². The SMILES string of the molecule is ClCCN1c2ccccc2Oc2ccc(Cl)cc21. The largest absolute Gasteiger partial charge is 0.453 e. The zero-order chi connectivity index (χ0) is 12.5. The highest BCUT2D eigenvalue weighted by Gasteiger charge is 2.23. The molecule has 0 unspecified atom stereocenters. The van der Waals surface area contributed by atoms with Crippen LogP contribution in [-0.4, -0.2) is 12.4 Å². The molecule has 4 heteroatoms. The summed E-state index contributed by atoms with van der Waals surface area (Å²) in [6.45, 7) is 0.718. The van der Waals surface area contributed by atoms with E-state index in [0.717, 1.165) is 29.4 Å². The van der Waals surface area contributed by atoms with Crippen LogP contribution in [0.4, 0.5) is 11.4 Å². The second-order valence-electron chi connectivity index (χ2n) is 4.02. The van der Waals surface area contributed by atoms with E-state index in [0.29, 0.717) is 10.9 Å². The second kappa shape index (κ2) is 4.71. The first-order valence-corrected chi connectivity index (χ1v) is 6.61. The van der Waals surface area contributed by atoms with Crippen molar-refractivity contribution in [2.24, 2.45) is 0 Å². The standard InChI is InChI=1S/C14H11Cl2NO/c15-7-8-17-11-3-1-2-4-13(11)18-14-6-5-10(16)9-12(14)17/h1-6,9H,7-8H2. The van der Waals surface area contributed by atoms with Crippen LogP contribution in [0.3, 0.4) is 0 Å². The van der Waals surface area contributed by atoms with Gasteiger partial charge in [0, 0.05) is 17.4 Å². The van der Waals surface area contributed by atoms with Gasteiger partial charge in [-0.1, -0.05) is 23.7 Å². The lowest BCUT2D eigenvalue weighted by molar-refractivity contribution is 0.474. The first kappa shape index (κ1) is 11.7. The topological polar surface area (TPSA) is 12.5 Å². The number of hydrogen-bond donors (Lipinski definition) is 0. The lowest BCUT2D eigenvalue weighted by Gasteiger charge is -2.32. The molecule has 18 heavy (non-hydrogen) atoms. The molecular weight excluding hydrogens is 269 g/mol. The third kappa shape index (κ3) is 1.92. The number of para-hydroxylation sites is 2. The van der Waals surface area contributed by atoms with Crippen LogP contribution in [0.2, 0.25) is 5.02 Å². The maximum absolute atomic E-state index is 6.05. The van der Waals surface area contributed by atoms with Crippen molar-refractivity contribution in [2.45, 2.75) is 0 Å². The minimum atomic E-state index is 0.542. The van der Waals surface area contributed by atoms with Crippen LogP contribution in [0, 0.1) is 0 Å². The molecule has 1 heterocycles. The molecule has 0 spiro atoms. The number of anilines is 2. The molecule has 2 aromatic rings. The van der Waals surface area contributed by atoms with Crippen LogP contribution in [0.25, 0.3) is 0 Å². The molecule has 0 fully saturated rings. The molecular formula is C14H11Cl2NO. The predicted molar refractivity (Wildman–Crippen MR) is 75.7 cm³/mol. The molecule has 0 bridgehead atoms. The van der Waals surface area contributed by atoms with Gasteiger partial charge in [0.1, 0.15) is 0 Å². The van der Waals surface area contributed by atoms with Gasteiger partial charge in [-0.05, 0) is 30.3 Å². The van der Waals surface area contributed by atoms with Gasteiger partial charge in [-0.15, -0.1) is 11.6 Å². The number of benzene rings is 2. The number of halogens is 2. The van der Waals surface area contributed by atoms with E-state index < -0.39 is 0 Å². The summed E-state index contributed by atoms with van der Waals surface area (Å²) in [5.41, 5.74) is 1.98. The van der Waals surface area contributed by atoms with Crippen LogP contribution < -0.4 is 9.64 Å². The van der Waals surface area contributed by atoms with Gasteiger partial charge < -0.3 is 9.64 Å². The molecule has 92 valence electrons. The van der Waals surface area contributed by atoms with E-state index in [1.54, 1.807) is 0 Å². The number of ether oxygens (including phenoxy) is 1. The summed E-state index contributed by atoms with van der Waals surface area (Å²) in [4.78, 5) is 2.13. The third-order valence-electron chi connectivity index (χ3n) is 2.90. The fraction of sp³-hybridized carbons (Fsp3) is 0.143. The van der Waals surface area contributed by atoms with E-state index in [2.05, 4.69) is 4.90 Å². The second-order valence-corrected chi connectivity index (χ2v) is 4.84. The average Bonchev–Trinajstić information content (AvgIpc) is 2.39. The summed E-state index contributed by atoms with van der Waals surface area (Å²) >= 11 is 11.9. The van der Waals surface area contributed by atoms with E-state index >= 15 is 0 Å². The van der Waals surface area contributed by atoms with E-state index in [1.807, 2.05) is 42.5 Å². The quantitative estimate of drug-likeness (QED) is 0.731. The smallest absolute Gasteiger partial charge is 0.151 e. The Kier molecular flexibility index (Phi) is 3.06. The normalized spacial score (nSPS) is 12.7. The lowest BCUT2D eigenvalue weighted by Crippen LogP contribution is -2.23. The predicted octanol–water partition coefficient (Wildman–Crippen LogP) is 4.82. The van der Waals surface area contributed by atoms with Crippen molar-refractivity contribution < 1.29 is 4.74 Å². The highest BCUT2D eigenvalue weighted by molar-refractivity contribution is 6.31. The Hall–Kier alpha value is -1.38. The molecule has 3 rings (SSSR count). The molecule has 0 N–H and O–H groups in total.